The first-order valence-electron chi connectivity index (χ1n) is 50.0. The Bertz CT molecular complexity index is 4110. The van der Waals surface area contributed by atoms with Crippen molar-refractivity contribution in [2.75, 3.05) is 118 Å². The first kappa shape index (κ1) is 113. The van der Waals surface area contributed by atoms with E-state index in [4.69, 9.17) is 19.3 Å². The molecule has 0 aromatic heterocycles. The third kappa shape index (κ3) is 44.1. The van der Waals surface area contributed by atoms with Crippen LogP contribution in [0.3, 0.4) is 0 Å². The molecule has 134 heavy (non-hydrogen) atoms. The molecule has 742 valence electrons. The number of phenols is 1. The zero-order chi connectivity index (χ0) is 98.6. The summed E-state index contributed by atoms with van der Waals surface area (Å²) >= 11 is 0. The number of hydrogen-bond donors (Lipinski definition) is 4. The Kier molecular flexibility index (Phi) is 46.1. The summed E-state index contributed by atoms with van der Waals surface area (Å²) < 4.78 is 31.7. The maximum Gasteiger partial charge on any atom is 0.220 e. The summed E-state index contributed by atoms with van der Waals surface area (Å²) in [6, 6.07) is 48.3. The SMILES string of the molecule is CC(C)(C)C(=O)CCCC(=O)NCC1CCC(CN2CCN(Cc3ccc(F)cc3)CC2)O1.CC(C)(C)c1ccc(O)cc1.Cc1ccc(C(=O)C(C)(C)C)cc1.Cc1ccc(C(C)(C)C)cc1.Cc1ccc(CN2CCN(CC3CCC(CNC(=O)CCCC(=O)C(C)(C)C)O3)CC2)cc1.Cc1ccc(CN2CCN(CC3CCC(CNC(=O)CCCC(=O)C(C)(C)C)O3)CC2)cc1. The van der Waals surface area contributed by atoms with Crippen LogP contribution in [0.1, 0.15) is 281 Å². The summed E-state index contributed by atoms with van der Waals surface area (Å²) in [5.74, 6) is 1.02. The molecule has 6 unspecified atom stereocenters. The Morgan fingerprint density at radius 1 is 0.313 bits per heavy atom. The monoisotopic (exact) mass is 1850 g/mol. The third-order valence-electron chi connectivity index (χ3n) is 25.9. The molecule has 0 aliphatic carbocycles. The van der Waals surface area contributed by atoms with Crippen LogP contribution in [0, 0.1) is 55.2 Å². The van der Waals surface area contributed by atoms with E-state index < -0.39 is 0 Å². The van der Waals surface area contributed by atoms with E-state index >= 15 is 0 Å². The lowest BCUT2D eigenvalue weighted by Gasteiger charge is -2.35. The van der Waals surface area contributed by atoms with E-state index in [1.165, 1.54) is 56.6 Å². The van der Waals surface area contributed by atoms with E-state index in [1.54, 1.807) is 12.1 Å². The molecule has 6 atom stereocenters. The second kappa shape index (κ2) is 54.8. The van der Waals surface area contributed by atoms with Crippen molar-refractivity contribution in [3.05, 3.63) is 207 Å². The van der Waals surface area contributed by atoms with Crippen LogP contribution >= 0.6 is 0 Å². The predicted molar refractivity (Wildman–Crippen MR) is 543 cm³/mol. The number of amides is 3. The average molecular weight is 1850 g/mol. The van der Waals surface area contributed by atoms with E-state index in [-0.39, 0.29) is 116 Å². The van der Waals surface area contributed by atoms with Gasteiger partial charge in [-0.2, -0.15) is 0 Å². The van der Waals surface area contributed by atoms with Gasteiger partial charge in [0.25, 0.3) is 0 Å². The van der Waals surface area contributed by atoms with Crippen molar-refractivity contribution in [3.63, 3.8) is 0 Å². The number of Topliss-reactive ketones (excluding diaryl/α,β-unsaturated/α-hetero) is 4. The minimum absolute atomic E-state index is 0.000959. The largest absolute Gasteiger partial charge is 0.508 e. The standard InChI is InChI=1S/2C27H43N3O3.C26H40FN3O3.C12H16O.C11H16.C10H14O/c2*1-21-8-10-22(11-9-21)19-29-14-16-30(17-15-29)20-24-13-12-23(33-24)18-28-26(32)7-5-6-25(31)27(2,3)4;1-26(2,3)24(31)5-4-6-25(32)28-17-22-11-12-23(33-22)19-30-15-13-29(14-16-30)18-20-7-9-21(27)10-8-20;1-9-5-7-10(8-6-9)11(13)12(2,3)4;1-9-5-7-10(8-6-9)11(2,3)4;1-10(2,3)8-4-6-9(11)7-5-8/h2*8-11,23-24H,5-7,12-20H2,1-4H3,(H,28,32);7-10,22-23H,4-6,11-19H2,1-3H3,(H,28,32);5-8H,1-4H3;5-8H,1-4H3;4-7,11H,1-3H3. The van der Waals surface area contributed by atoms with Crippen molar-refractivity contribution in [1.82, 2.24) is 45.3 Å². The van der Waals surface area contributed by atoms with E-state index in [1.807, 2.05) is 139 Å². The summed E-state index contributed by atoms with van der Waals surface area (Å²) in [6.07, 6.45) is 11.6. The van der Waals surface area contributed by atoms with Crippen molar-refractivity contribution in [2.24, 2.45) is 21.7 Å². The first-order chi connectivity index (χ1) is 63.0. The van der Waals surface area contributed by atoms with Crippen LogP contribution in [-0.4, -0.2) is 230 Å². The van der Waals surface area contributed by atoms with Gasteiger partial charge in [-0.25, -0.2) is 4.39 Å². The fraction of sp³-hybridized carbons (Fsp3) is 0.619. The summed E-state index contributed by atoms with van der Waals surface area (Å²) in [4.78, 5) is 99.0. The fourth-order valence-corrected chi connectivity index (χ4v) is 16.7. The number of aryl methyl sites for hydroxylation is 4. The van der Waals surface area contributed by atoms with Crippen molar-refractivity contribution in [3.8, 4) is 5.75 Å². The van der Waals surface area contributed by atoms with Gasteiger partial charge in [-0.1, -0.05) is 268 Å². The summed E-state index contributed by atoms with van der Waals surface area (Å²) in [6.45, 7) is 64.9. The van der Waals surface area contributed by atoms with Crippen molar-refractivity contribution in [2.45, 2.75) is 316 Å². The van der Waals surface area contributed by atoms with E-state index in [9.17, 15) is 38.0 Å². The number of nitrogens with one attached hydrogen (secondary N) is 3. The van der Waals surface area contributed by atoms with Crippen LogP contribution in [0.15, 0.2) is 146 Å². The van der Waals surface area contributed by atoms with Crippen molar-refractivity contribution < 1.29 is 57.3 Å². The van der Waals surface area contributed by atoms with Gasteiger partial charge in [-0.15, -0.1) is 0 Å². The minimum Gasteiger partial charge on any atom is -0.508 e. The number of carbonyl (C=O) groups is 7. The highest BCUT2D eigenvalue weighted by molar-refractivity contribution is 5.99. The topological polar surface area (TPSA) is 223 Å². The molecule has 21 heteroatoms. The number of hydrogen-bond acceptors (Lipinski definition) is 17. The van der Waals surface area contributed by atoms with Gasteiger partial charge >= 0.3 is 0 Å². The Morgan fingerprint density at radius 3 is 0.813 bits per heavy atom. The van der Waals surface area contributed by atoms with Crippen molar-refractivity contribution in [1.29, 1.82) is 0 Å². The zero-order valence-electron chi connectivity index (χ0n) is 86.4. The Balaban J connectivity index is 0.000000232. The molecular weight excluding hydrogens is 1680 g/mol. The molecule has 6 fully saturated rings. The van der Waals surface area contributed by atoms with Gasteiger partial charge in [0.2, 0.25) is 17.7 Å². The van der Waals surface area contributed by atoms with Gasteiger partial charge in [-0.3, -0.25) is 63.0 Å². The van der Waals surface area contributed by atoms with E-state index in [0.29, 0.717) is 83.2 Å². The Hall–Kier alpha value is -8.22. The lowest BCUT2D eigenvalue weighted by molar-refractivity contribution is -0.127. The quantitative estimate of drug-likeness (QED) is 0.0297. The molecule has 4 N–H and O–H groups in total. The Labute approximate surface area is 806 Å². The molecule has 6 aliphatic rings. The number of ether oxygens (including phenoxy) is 3. The molecule has 3 amide bonds. The van der Waals surface area contributed by atoms with Gasteiger partial charge in [0.1, 0.15) is 28.9 Å². The number of carbonyl (C=O) groups excluding carboxylic acids is 7. The van der Waals surface area contributed by atoms with Crippen LogP contribution in [0.4, 0.5) is 4.39 Å². The molecule has 0 radical (unpaired) electrons. The molecule has 6 aromatic carbocycles. The molecule has 6 saturated heterocycles. The van der Waals surface area contributed by atoms with Gasteiger partial charge < -0.3 is 35.3 Å². The smallest absolute Gasteiger partial charge is 0.220 e. The van der Waals surface area contributed by atoms with Crippen molar-refractivity contribution >= 4 is 40.9 Å². The van der Waals surface area contributed by atoms with Gasteiger partial charge in [-0.05, 0) is 148 Å². The Morgan fingerprint density at radius 2 is 0.552 bits per heavy atom. The highest BCUT2D eigenvalue weighted by Gasteiger charge is 2.34. The number of piperazine rings is 3. The van der Waals surface area contributed by atoms with Gasteiger partial charge in [0, 0.05) is 203 Å². The van der Waals surface area contributed by atoms with E-state index in [2.05, 4.69) is 180 Å². The average Bonchev–Trinajstić information content (AvgIpc) is 1.79. The molecule has 0 bridgehead atoms. The summed E-state index contributed by atoms with van der Waals surface area (Å²) in [5, 5.41) is 18.0. The number of benzene rings is 6. The predicted octanol–water partition coefficient (Wildman–Crippen LogP) is 19.7. The van der Waals surface area contributed by atoms with Crippen LogP contribution in [0.2, 0.25) is 0 Å². The molecule has 0 spiro atoms. The van der Waals surface area contributed by atoms with Gasteiger partial charge in [0.05, 0.1) is 36.6 Å². The van der Waals surface area contributed by atoms with Crippen LogP contribution in [-0.2, 0) is 73.4 Å². The lowest BCUT2D eigenvalue weighted by atomic mass is 9.86. The van der Waals surface area contributed by atoms with Crippen LogP contribution < -0.4 is 16.0 Å². The molecule has 6 aliphatic heterocycles. The maximum absolute atomic E-state index is 13.1. The first-order valence-corrected chi connectivity index (χ1v) is 50.0. The number of phenolic OH excluding ortho intramolecular Hbond substituents is 1. The number of halogens is 1. The molecule has 6 heterocycles. The molecule has 6 aromatic rings. The number of rotatable bonds is 31. The molecule has 12 rings (SSSR count). The second-order valence-corrected chi connectivity index (χ2v) is 44.6. The number of ketones is 4. The maximum atomic E-state index is 13.1. The molecule has 20 nitrogen and oxygen atoms in total. The third-order valence-corrected chi connectivity index (χ3v) is 25.9. The zero-order valence-corrected chi connectivity index (χ0v) is 86.4. The van der Waals surface area contributed by atoms with Gasteiger partial charge in [0.15, 0.2) is 5.78 Å². The molecular formula is C113H172FN9O11. The van der Waals surface area contributed by atoms with Crippen LogP contribution in [0.25, 0.3) is 0 Å². The second-order valence-electron chi connectivity index (χ2n) is 44.6. The fourth-order valence-electron chi connectivity index (χ4n) is 16.7. The summed E-state index contributed by atoms with van der Waals surface area (Å²) in [7, 11) is 0. The normalized spacial score (nSPS) is 19.6. The lowest BCUT2D eigenvalue weighted by Crippen LogP contribution is -2.48. The number of aromatic hydroxyl groups is 1. The minimum atomic E-state index is -0.335. The highest BCUT2D eigenvalue weighted by atomic mass is 19.1. The highest BCUT2D eigenvalue weighted by Crippen LogP contribution is 2.30. The molecule has 0 saturated carbocycles. The summed E-state index contributed by atoms with van der Waals surface area (Å²) in [5.41, 5.74) is 11.7. The van der Waals surface area contributed by atoms with Crippen LogP contribution in [0.5, 0.6) is 5.75 Å². The number of nitrogens with zero attached hydrogens (tertiary/aromatic N) is 6. The van der Waals surface area contributed by atoms with E-state index in [0.717, 1.165) is 167 Å².